The van der Waals surface area contributed by atoms with Crippen molar-refractivity contribution in [3.63, 3.8) is 0 Å². The lowest BCUT2D eigenvalue weighted by Gasteiger charge is -2.39. The topological polar surface area (TPSA) is 46.5 Å². The summed E-state index contributed by atoms with van der Waals surface area (Å²) in [6.45, 7) is 0.259. The van der Waals surface area contributed by atoms with E-state index in [1.54, 1.807) is 0 Å². The minimum Gasteiger partial charge on any atom is -0.394 e. The smallest absolute Gasteiger partial charge is 0.169 e. The molecule has 0 aliphatic heterocycles. The van der Waals surface area contributed by atoms with E-state index < -0.39 is 5.60 Å². The van der Waals surface area contributed by atoms with Gasteiger partial charge in [-0.25, -0.2) is 0 Å². The minimum absolute atomic E-state index is 0.0183. The molecule has 0 amide bonds. The number of aliphatic hydroxyl groups excluding tert-OH is 1. The molecule has 3 nitrogen and oxygen atoms in total. The Morgan fingerprint density at radius 3 is 2.29 bits per heavy atom. The molecule has 24 heavy (non-hydrogen) atoms. The second-order valence-corrected chi connectivity index (χ2v) is 6.87. The normalized spacial score (nSPS) is 21.4. The van der Waals surface area contributed by atoms with E-state index in [0.29, 0.717) is 0 Å². The van der Waals surface area contributed by atoms with E-state index >= 15 is 0 Å². The number of hydrogen-bond acceptors (Lipinski definition) is 3. The SMILES string of the molecule is O=C1c2ccccc2CCC1C1(OCCO)Cc2ccccc2C1. The van der Waals surface area contributed by atoms with Gasteiger partial charge in [0.15, 0.2) is 5.78 Å². The van der Waals surface area contributed by atoms with Gasteiger partial charge in [-0.2, -0.15) is 0 Å². The molecular formula is C21H22O3. The maximum Gasteiger partial charge on any atom is 0.169 e. The second-order valence-electron chi connectivity index (χ2n) is 6.87. The molecule has 2 aliphatic carbocycles. The van der Waals surface area contributed by atoms with Crippen molar-refractivity contribution in [1.29, 1.82) is 0 Å². The molecule has 124 valence electrons. The number of aryl methyl sites for hydroxylation is 1. The number of carbonyl (C=O) groups is 1. The van der Waals surface area contributed by atoms with E-state index in [0.717, 1.165) is 36.8 Å². The van der Waals surface area contributed by atoms with Gasteiger partial charge in [0.25, 0.3) is 0 Å². The van der Waals surface area contributed by atoms with E-state index in [4.69, 9.17) is 4.74 Å². The van der Waals surface area contributed by atoms with Crippen LogP contribution >= 0.6 is 0 Å². The molecule has 1 N–H and O–H groups in total. The molecule has 0 spiro atoms. The molecule has 0 saturated carbocycles. The van der Waals surface area contributed by atoms with Crippen LogP contribution in [0.2, 0.25) is 0 Å². The molecular weight excluding hydrogens is 300 g/mol. The first kappa shape index (κ1) is 15.6. The number of aliphatic hydroxyl groups is 1. The van der Waals surface area contributed by atoms with Gasteiger partial charge in [0.2, 0.25) is 0 Å². The number of hydrogen-bond donors (Lipinski definition) is 1. The van der Waals surface area contributed by atoms with E-state index in [1.807, 2.05) is 36.4 Å². The first-order valence-corrected chi connectivity index (χ1v) is 8.67. The van der Waals surface area contributed by atoms with E-state index in [2.05, 4.69) is 12.1 Å². The Kier molecular flexibility index (Phi) is 3.99. The maximum absolute atomic E-state index is 13.2. The summed E-state index contributed by atoms with van der Waals surface area (Å²) in [6.07, 6.45) is 3.23. The molecule has 1 unspecified atom stereocenters. The van der Waals surface area contributed by atoms with Crippen molar-refractivity contribution in [2.24, 2.45) is 5.92 Å². The fraction of sp³-hybridized carbons (Fsp3) is 0.381. The largest absolute Gasteiger partial charge is 0.394 e. The summed E-state index contributed by atoms with van der Waals surface area (Å²) in [5, 5.41) is 9.27. The average molecular weight is 322 g/mol. The highest BCUT2D eigenvalue weighted by Crippen LogP contribution is 2.43. The van der Waals surface area contributed by atoms with Crippen LogP contribution in [0.5, 0.6) is 0 Å². The standard InChI is InChI=1S/C21H22O3/c22-11-12-24-21(13-16-6-1-2-7-17(16)14-21)19-10-9-15-5-3-4-8-18(15)20(19)23/h1-8,19,22H,9-14H2. The third-order valence-electron chi connectivity index (χ3n) is 5.52. The van der Waals surface area contributed by atoms with Crippen LogP contribution in [0.25, 0.3) is 0 Å². The molecule has 0 heterocycles. The van der Waals surface area contributed by atoms with Crippen molar-refractivity contribution in [1.82, 2.24) is 0 Å². The van der Waals surface area contributed by atoms with E-state index in [-0.39, 0.29) is 24.9 Å². The highest BCUT2D eigenvalue weighted by Gasteiger charge is 2.49. The summed E-state index contributed by atoms with van der Waals surface area (Å²) in [4.78, 5) is 13.2. The fourth-order valence-electron chi connectivity index (χ4n) is 4.41. The number of fused-ring (bicyclic) bond motifs is 2. The predicted octanol–water partition coefficient (Wildman–Crippen LogP) is 2.98. The van der Waals surface area contributed by atoms with Gasteiger partial charge in [-0.15, -0.1) is 0 Å². The Morgan fingerprint density at radius 1 is 1.00 bits per heavy atom. The van der Waals surface area contributed by atoms with Gasteiger partial charge in [-0.3, -0.25) is 4.79 Å². The molecule has 0 bridgehead atoms. The van der Waals surface area contributed by atoms with E-state index in [9.17, 15) is 9.90 Å². The molecule has 2 aromatic rings. The van der Waals surface area contributed by atoms with Crippen molar-refractivity contribution < 1.29 is 14.6 Å². The first-order chi connectivity index (χ1) is 11.7. The average Bonchev–Trinajstić information content (AvgIpc) is 3.00. The van der Waals surface area contributed by atoms with Crippen LogP contribution in [-0.2, 0) is 24.0 Å². The van der Waals surface area contributed by atoms with Crippen molar-refractivity contribution in [2.75, 3.05) is 13.2 Å². The molecule has 0 radical (unpaired) electrons. The van der Waals surface area contributed by atoms with Gasteiger partial charge in [-0.05, 0) is 29.5 Å². The second kappa shape index (κ2) is 6.15. The fourth-order valence-corrected chi connectivity index (χ4v) is 4.41. The monoisotopic (exact) mass is 322 g/mol. The predicted molar refractivity (Wildman–Crippen MR) is 92.2 cm³/mol. The lowest BCUT2D eigenvalue weighted by Crippen LogP contribution is -2.48. The summed E-state index contributed by atoms with van der Waals surface area (Å²) >= 11 is 0. The molecule has 2 aromatic carbocycles. The van der Waals surface area contributed by atoms with Crippen LogP contribution in [0.4, 0.5) is 0 Å². The van der Waals surface area contributed by atoms with Gasteiger partial charge >= 0.3 is 0 Å². The number of carbonyl (C=O) groups excluding carboxylic acids is 1. The molecule has 1 atom stereocenters. The van der Waals surface area contributed by atoms with Crippen molar-refractivity contribution in [3.05, 3.63) is 70.8 Å². The molecule has 3 heteroatoms. The third kappa shape index (κ3) is 2.48. The lowest BCUT2D eigenvalue weighted by molar-refractivity contribution is -0.0825. The van der Waals surface area contributed by atoms with Gasteiger partial charge in [0, 0.05) is 18.4 Å². The maximum atomic E-state index is 13.2. The number of benzene rings is 2. The van der Waals surface area contributed by atoms with Gasteiger partial charge in [0.1, 0.15) is 0 Å². The van der Waals surface area contributed by atoms with E-state index in [1.165, 1.54) is 11.1 Å². The molecule has 0 aromatic heterocycles. The number of rotatable bonds is 4. The van der Waals surface area contributed by atoms with Crippen LogP contribution in [-0.4, -0.2) is 29.7 Å². The summed E-state index contributed by atoms with van der Waals surface area (Å²) in [6, 6.07) is 16.2. The summed E-state index contributed by atoms with van der Waals surface area (Å²) in [5.41, 5.74) is 4.00. The van der Waals surface area contributed by atoms with Crippen molar-refractivity contribution in [3.8, 4) is 0 Å². The zero-order valence-electron chi connectivity index (χ0n) is 13.7. The highest BCUT2D eigenvalue weighted by atomic mass is 16.5. The zero-order valence-corrected chi connectivity index (χ0v) is 13.7. The van der Waals surface area contributed by atoms with Gasteiger partial charge in [0.05, 0.1) is 24.7 Å². The minimum atomic E-state index is -0.517. The summed E-state index contributed by atoms with van der Waals surface area (Å²) in [7, 11) is 0. The quantitative estimate of drug-likeness (QED) is 0.941. The Hall–Kier alpha value is -1.97. The Labute approximate surface area is 142 Å². The number of Topliss-reactive ketones (excluding diaryl/α,β-unsaturated/α-hetero) is 1. The number of ketones is 1. The Balaban J connectivity index is 1.70. The lowest BCUT2D eigenvalue weighted by atomic mass is 9.72. The van der Waals surface area contributed by atoms with Crippen LogP contribution in [0.1, 0.15) is 33.5 Å². The van der Waals surface area contributed by atoms with Crippen LogP contribution in [0, 0.1) is 5.92 Å². The first-order valence-electron chi connectivity index (χ1n) is 8.67. The van der Waals surface area contributed by atoms with Crippen LogP contribution in [0.15, 0.2) is 48.5 Å². The van der Waals surface area contributed by atoms with Crippen LogP contribution in [0.3, 0.4) is 0 Å². The van der Waals surface area contributed by atoms with Gasteiger partial charge in [-0.1, -0.05) is 48.5 Å². The zero-order chi connectivity index (χ0) is 16.6. The summed E-state index contributed by atoms with van der Waals surface area (Å²) < 4.78 is 6.18. The Bertz CT molecular complexity index is 740. The molecule has 0 saturated heterocycles. The molecule has 0 fully saturated rings. The third-order valence-corrected chi connectivity index (χ3v) is 5.52. The Morgan fingerprint density at radius 2 is 1.62 bits per heavy atom. The van der Waals surface area contributed by atoms with Crippen LogP contribution < -0.4 is 0 Å². The summed E-state index contributed by atoms with van der Waals surface area (Å²) in [5.74, 6) is 0.0499. The number of ether oxygens (including phenoxy) is 1. The molecule has 4 rings (SSSR count). The van der Waals surface area contributed by atoms with Gasteiger partial charge < -0.3 is 9.84 Å². The van der Waals surface area contributed by atoms with Crippen molar-refractivity contribution >= 4 is 5.78 Å². The highest BCUT2D eigenvalue weighted by molar-refractivity contribution is 6.01. The van der Waals surface area contributed by atoms with Crippen molar-refractivity contribution in [2.45, 2.75) is 31.3 Å². The molecule has 2 aliphatic rings.